The lowest BCUT2D eigenvalue weighted by Crippen LogP contribution is -2.64. The van der Waals surface area contributed by atoms with Crippen LogP contribution in [0, 0.1) is 0 Å². The van der Waals surface area contributed by atoms with Crippen molar-refractivity contribution in [3.8, 4) is 5.75 Å². The van der Waals surface area contributed by atoms with Crippen LogP contribution in [0.3, 0.4) is 0 Å². The van der Waals surface area contributed by atoms with Gasteiger partial charge in [0.15, 0.2) is 6.61 Å². The van der Waals surface area contributed by atoms with Gasteiger partial charge < -0.3 is 15.0 Å². The highest BCUT2D eigenvalue weighted by atomic mass is 16.5. The summed E-state index contributed by atoms with van der Waals surface area (Å²) in [5.74, 6) is -0.00995. The third-order valence-corrected chi connectivity index (χ3v) is 5.08. The highest BCUT2D eigenvalue weighted by Gasteiger charge is 2.49. The number of carbonyl (C=O) groups excluding carboxylic acids is 3. The van der Waals surface area contributed by atoms with Crippen LogP contribution in [0.4, 0.5) is 4.79 Å². The van der Waals surface area contributed by atoms with Crippen LogP contribution in [-0.2, 0) is 16.1 Å². The largest absolute Gasteiger partial charge is 0.484 e. The number of hydrogen-bond acceptors (Lipinski definition) is 4. The summed E-state index contributed by atoms with van der Waals surface area (Å²) in [5.41, 5.74) is 0.854. The van der Waals surface area contributed by atoms with Gasteiger partial charge in [0, 0.05) is 6.54 Å². The summed E-state index contributed by atoms with van der Waals surface area (Å²) in [6, 6.07) is 16.9. The van der Waals surface area contributed by atoms with Gasteiger partial charge in [-0.1, -0.05) is 48.5 Å². The van der Waals surface area contributed by atoms with Gasteiger partial charge in [-0.3, -0.25) is 14.5 Å². The standard InChI is InChI=1S/C21H21N3O4/c25-18(14-28-16-9-5-2-6-10-16)23-12-11-17-19(23)20(26)24(21(27)22-17)13-15-7-3-1-4-8-15/h1-10,17,19H,11-14H2,(H,22,27)/t17-,19-/m1/s1. The Morgan fingerprint density at radius 3 is 2.43 bits per heavy atom. The number of rotatable bonds is 5. The molecule has 0 radical (unpaired) electrons. The maximum Gasteiger partial charge on any atom is 0.324 e. The van der Waals surface area contributed by atoms with Gasteiger partial charge in [-0.15, -0.1) is 0 Å². The molecule has 2 fully saturated rings. The number of likely N-dealkylation sites (tertiary alicyclic amines) is 1. The Kier molecular flexibility index (Phi) is 4.97. The Morgan fingerprint density at radius 2 is 1.71 bits per heavy atom. The molecule has 0 saturated carbocycles. The van der Waals surface area contributed by atoms with Gasteiger partial charge in [0.25, 0.3) is 11.8 Å². The van der Waals surface area contributed by atoms with Gasteiger partial charge in [-0.05, 0) is 24.1 Å². The molecule has 0 bridgehead atoms. The molecule has 7 heteroatoms. The zero-order valence-corrected chi connectivity index (χ0v) is 15.3. The molecule has 144 valence electrons. The van der Waals surface area contributed by atoms with Crippen molar-refractivity contribution in [3.05, 3.63) is 66.2 Å². The maximum absolute atomic E-state index is 13.0. The monoisotopic (exact) mass is 379 g/mol. The van der Waals surface area contributed by atoms with E-state index < -0.39 is 12.1 Å². The number of benzene rings is 2. The molecule has 2 saturated heterocycles. The number of amides is 4. The topological polar surface area (TPSA) is 79.0 Å². The first-order valence-corrected chi connectivity index (χ1v) is 9.26. The predicted molar refractivity (Wildman–Crippen MR) is 101 cm³/mol. The smallest absolute Gasteiger partial charge is 0.324 e. The minimum atomic E-state index is -0.687. The van der Waals surface area contributed by atoms with E-state index in [2.05, 4.69) is 5.32 Å². The second kappa shape index (κ2) is 7.72. The summed E-state index contributed by atoms with van der Waals surface area (Å²) < 4.78 is 5.54. The third-order valence-electron chi connectivity index (χ3n) is 5.08. The number of fused-ring (bicyclic) bond motifs is 1. The van der Waals surface area contributed by atoms with Crippen LogP contribution in [0.15, 0.2) is 60.7 Å². The van der Waals surface area contributed by atoms with Crippen molar-refractivity contribution in [2.45, 2.75) is 25.0 Å². The fourth-order valence-electron chi connectivity index (χ4n) is 3.69. The van der Waals surface area contributed by atoms with Crippen LogP contribution < -0.4 is 10.1 Å². The van der Waals surface area contributed by atoms with Crippen LogP contribution in [0.1, 0.15) is 12.0 Å². The molecular formula is C21H21N3O4. The van der Waals surface area contributed by atoms with E-state index in [9.17, 15) is 14.4 Å². The van der Waals surface area contributed by atoms with Crippen LogP contribution in [0.2, 0.25) is 0 Å². The Balaban J connectivity index is 1.45. The molecule has 2 aliphatic heterocycles. The quantitative estimate of drug-likeness (QED) is 0.859. The average molecular weight is 379 g/mol. The van der Waals surface area contributed by atoms with Crippen molar-refractivity contribution in [1.29, 1.82) is 0 Å². The van der Waals surface area contributed by atoms with Crippen molar-refractivity contribution in [3.63, 3.8) is 0 Å². The van der Waals surface area contributed by atoms with Crippen LogP contribution in [-0.4, -0.2) is 52.9 Å². The number of hydrogen-bond donors (Lipinski definition) is 1. The van der Waals surface area contributed by atoms with Crippen molar-refractivity contribution in [2.24, 2.45) is 0 Å². The first-order valence-electron chi connectivity index (χ1n) is 9.26. The van der Waals surface area contributed by atoms with Gasteiger partial charge in [-0.25, -0.2) is 4.79 Å². The predicted octanol–water partition coefficient (Wildman–Crippen LogP) is 1.79. The maximum atomic E-state index is 13.0. The van der Waals surface area contributed by atoms with Crippen molar-refractivity contribution >= 4 is 17.8 Å². The minimum Gasteiger partial charge on any atom is -0.484 e. The normalized spacial score (nSPS) is 21.3. The molecule has 2 aromatic rings. The zero-order valence-electron chi connectivity index (χ0n) is 15.3. The average Bonchev–Trinajstić information content (AvgIpc) is 3.15. The fraction of sp³-hybridized carbons (Fsp3) is 0.286. The van der Waals surface area contributed by atoms with Crippen LogP contribution >= 0.6 is 0 Å². The Morgan fingerprint density at radius 1 is 1.04 bits per heavy atom. The van der Waals surface area contributed by atoms with E-state index in [0.29, 0.717) is 18.7 Å². The Hall–Kier alpha value is -3.35. The third kappa shape index (κ3) is 3.55. The highest BCUT2D eigenvalue weighted by molar-refractivity contribution is 6.02. The fourth-order valence-corrected chi connectivity index (χ4v) is 3.69. The van der Waals surface area contributed by atoms with Crippen LogP contribution in [0.5, 0.6) is 5.75 Å². The Labute approximate surface area is 162 Å². The number of ether oxygens (including phenoxy) is 1. The highest BCUT2D eigenvalue weighted by Crippen LogP contribution is 2.25. The summed E-state index contributed by atoms with van der Waals surface area (Å²) in [6.45, 7) is 0.446. The second-order valence-electron chi connectivity index (χ2n) is 6.89. The molecule has 2 atom stereocenters. The number of urea groups is 1. The van der Waals surface area contributed by atoms with Crippen molar-refractivity contribution in [1.82, 2.24) is 15.1 Å². The molecule has 7 nitrogen and oxygen atoms in total. The lowest BCUT2D eigenvalue weighted by Gasteiger charge is -2.36. The molecule has 4 rings (SSSR count). The molecule has 1 N–H and O–H groups in total. The van der Waals surface area contributed by atoms with E-state index >= 15 is 0 Å². The summed E-state index contributed by atoms with van der Waals surface area (Å²) in [5, 5.41) is 2.87. The van der Waals surface area contributed by atoms with E-state index in [4.69, 9.17) is 4.74 Å². The van der Waals surface area contributed by atoms with Gasteiger partial charge in [0.2, 0.25) is 0 Å². The number of nitrogens with zero attached hydrogens (tertiary/aromatic N) is 2. The number of nitrogens with one attached hydrogen (secondary N) is 1. The summed E-state index contributed by atoms with van der Waals surface area (Å²) in [6.07, 6.45) is 0.554. The molecule has 28 heavy (non-hydrogen) atoms. The second-order valence-corrected chi connectivity index (χ2v) is 6.89. The number of para-hydroxylation sites is 1. The first kappa shape index (κ1) is 18.0. The van der Waals surface area contributed by atoms with E-state index in [1.807, 2.05) is 48.5 Å². The zero-order chi connectivity index (χ0) is 19.5. The number of carbonyl (C=O) groups is 3. The van der Waals surface area contributed by atoms with Crippen LogP contribution in [0.25, 0.3) is 0 Å². The molecule has 2 heterocycles. The van der Waals surface area contributed by atoms with Crippen molar-refractivity contribution < 1.29 is 19.1 Å². The van der Waals surface area contributed by atoms with Gasteiger partial charge >= 0.3 is 6.03 Å². The summed E-state index contributed by atoms with van der Waals surface area (Å²) in [7, 11) is 0. The van der Waals surface area contributed by atoms with E-state index in [1.165, 1.54) is 9.80 Å². The molecule has 0 spiro atoms. The van der Waals surface area contributed by atoms with Gasteiger partial charge in [0.05, 0.1) is 12.6 Å². The van der Waals surface area contributed by atoms with E-state index in [1.54, 1.807) is 12.1 Å². The minimum absolute atomic E-state index is 0.146. The van der Waals surface area contributed by atoms with Gasteiger partial charge in [-0.2, -0.15) is 0 Å². The first-order chi connectivity index (χ1) is 13.6. The van der Waals surface area contributed by atoms with E-state index in [0.717, 1.165) is 5.56 Å². The Bertz CT molecular complexity index is 872. The van der Waals surface area contributed by atoms with Gasteiger partial charge in [0.1, 0.15) is 11.8 Å². The molecular weight excluding hydrogens is 358 g/mol. The lowest BCUT2D eigenvalue weighted by molar-refractivity contribution is -0.145. The molecule has 0 aliphatic carbocycles. The molecule has 4 amide bonds. The van der Waals surface area contributed by atoms with Crippen molar-refractivity contribution in [2.75, 3.05) is 13.2 Å². The molecule has 2 aromatic carbocycles. The lowest BCUT2D eigenvalue weighted by atomic mass is 10.0. The molecule has 0 unspecified atom stereocenters. The molecule has 2 aliphatic rings. The summed E-state index contributed by atoms with van der Waals surface area (Å²) >= 11 is 0. The summed E-state index contributed by atoms with van der Waals surface area (Å²) in [4.78, 5) is 40.8. The number of imide groups is 1. The van der Waals surface area contributed by atoms with E-state index in [-0.39, 0.29) is 31.0 Å². The SMILES string of the molecule is O=C1N[C@@H]2CCN(C(=O)COc3ccccc3)[C@H]2C(=O)N1Cc1ccccc1. The molecule has 0 aromatic heterocycles.